The number of amides is 1. The zero-order valence-corrected chi connectivity index (χ0v) is 11.7. The summed E-state index contributed by atoms with van der Waals surface area (Å²) in [6, 6.07) is 10.0. The minimum atomic E-state index is -0.0437. The molecule has 3 nitrogen and oxygen atoms in total. The monoisotopic (exact) mass is 260 g/mol. The maximum Gasteiger partial charge on any atom is 0.229 e. The summed E-state index contributed by atoms with van der Waals surface area (Å²) >= 11 is 0. The van der Waals surface area contributed by atoms with Gasteiger partial charge in [0.15, 0.2) is 0 Å². The van der Waals surface area contributed by atoms with Crippen molar-refractivity contribution in [3.63, 3.8) is 0 Å². The zero-order valence-electron chi connectivity index (χ0n) is 11.7. The lowest BCUT2D eigenvalue weighted by molar-refractivity contribution is -0.134. The molecular formula is C16H24N2O. The molecule has 1 aliphatic heterocycles. The summed E-state index contributed by atoms with van der Waals surface area (Å²) in [5.74, 6) is 0.802. The lowest BCUT2D eigenvalue weighted by atomic mass is 9.92. The largest absolute Gasteiger partial charge is 0.342 e. The average Bonchev–Trinajstić information content (AvgIpc) is 2.47. The Morgan fingerprint density at radius 2 is 2.16 bits per heavy atom. The van der Waals surface area contributed by atoms with Crippen LogP contribution >= 0.6 is 0 Å². The van der Waals surface area contributed by atoms with Crippen LogP contribution in [-0.2, 0) is 4.79 Å². The van der Waals surface area contributed by atoms with Gasteiger partial charge in [-0.15, -0.1) is 0 Å². The summed E-state index contributed by atoms with van der Waals surface area (Å²) in [5.41, 5.74) is 6.73. The Balaban J connectivity index is 1.99. The van der Waals surface area contributed by atoms with Gasteiger partial charge in [-0.3, -0.25) is 4.79 Å². The van der Waals surface area contributed by atoms with Crippen molar-refractivity contribution in [2.24, 2.45) is 11.7 Å². The first-order valence-corrected chi connectivity index (χ1v) is 7.26. The summed E-state index contributed by atoms with van der Waals surface area (Å²) in [7, 11) is 0. The van der Waals surface area contributed by atoms with E-state index in [0.29, 0.717) is 5.92 Å². The molecular weight excluding hydrogens is 236 g/mol. The third-order valence-corrected chi connectivity index (χ3v) is 4.08. The van der Waals surface area contributed by atoms with Crippen LogP contribution < -0.4 is 5.73 Å². The second kappa shape index (κ2) is 6.71. The van der Waals surface area contributed by atoms with Gasteiger partial charge < -0.3 is 10.6 Å². The van der Waals surface area contributed by atoms with Gasteiger partial charge in [0, 0.05) is 13.1 Å². The first kappa shape index (κ1) is 14.1. The first-order chi connectivity index (χ1) is 9.22. The van der Waals surface area contributed by atoms with Gasteiger partial charge in [-0.05, 0) is 44.2 Å². The number of carbonyl (C=O) groups excluding carboxylic acids is 1. The van der Waals surface area contributed by atoms with Gasteiger partial charge in [0.2, 0.25) is 5.91 Å². The van der Waals surface area contributed by atoms with Crippen LogP contribution in [0.1, 0.15) is 37.7 Å². The summed E-state index contributed by atoms with van der Waals surface area (Å²) in [6.07, 6.45) is 3.35. The Kier molecular flexibility index (Phi) is 4.97. The number of likely N-dealkylation sites (tertiary alicyclic amines) is 1. The van der Waals surface area contributed by atoms with E-state index in [9.17, 15) is 4.79 Å². The van der Waals surface area contributed by atoms with Crippen molar-refractivity contribution in [2.45, 2.75) is 32.1 Å². The molecule has 0 spiro atoms. The van der Waals surface area contributed by atoms with Crippen LogP contribution in [0, 0.1) is 5.92 Å². The molecule has 2 atom stereocenters. The number of benzene rings is 1. The fourth-order valence-corrected chi connectivity index (χ4v) is 2.89. The normalized spacial score (nSPS) is 21.2. The number of nitrogens with two attached hydrogens (primary N) is 1. The Morgan fingerprint density at radius 3 is 2.84 bits per heavy atom. The average molecular weight is 260 g/mol. The van der Waals surface area contributed by atoms with E-state index in [2.05, 4.69) is 0 Å². The van der Waals surface area contributed by atoms with Gasteiger partial charge in [0.1, 0.15) is 0 Å². The molecule has 0 saturated carbocycles. The molecule has 1 aromatic rings. The lowest BCUT2D eigenvalue weighted by Crippen LogP contribution is -2.42. The lowest BCUT2D eigenvalue weighted by Gasteiger charge is -2.34. The van der Waals surface area contributed by atoms with Crippen molar-refractivity contribution in [1.82, 2.24) is 4.90 Å². The molecule has 2 rings (SSSR count). The molecule has 0 aromatic heterocycles. The maximum atomic E-state index is 12.5. The number of piperidine rings is 1. The molecule has 2 N–H and O–H groups in total. The summed E-state index contributed by atoms with van der Waals surface area (Å²) in [6.45, 7) is 4.51. The quantitative estimate of drug-likeness (QED) is 0.903. The Morgan fingerprint density at radius 1 is 1.42 bits per heavy atom. The zero-order chi connectivity index (χ0) is 13.7. The van der Waals surface area contributed by atoms with Crippen LogP contribution in [0.25, 0.3) is 0 Å². The van der Waals surface area contributed by atoms with E-state index in [0.717, 1.165) is 38.0 Å². The highest BCUT2D eigenvalue weighted by Crippen LogP contribution is 2.24. The van der Waals surface area contributed by atoms with Crippen LogP contribution in [0.5, 0.6) is 0 Å². The van der Waals surface area contributed by atoms with Gasteiger partial charge in [0.25, 0.3) is 0 Å². The van der Waals surface area contributed by atoms with Crippen molar-refractivity contribution in [1.29, 1.82) is 0 Å². The van der Waals surface area contributed by atoms with Crippen molar-refractivity contribution in [3.05, 3.63) is 35.9 Å². The van der Waals surface area contributed by atoms with Crippen molar-refractivity contribution < 1.29 is 4.79 Å². The fourth-order valence-electron chi connectivity index (χ4n) is 2.89. The molecule has 1 aliphatic rings. The molecule has 1 saturated heterocycles. The topological polar surface area (TPSA) is 46.3 Å². The van der Waals surface area contributed by atoms with E-state index in [1.165, 1.54) is 6.42 Å². The predicted octanol–water partition coefficient (Wildman–Crippen LogP) is 2.38. The van der Waals surface area contributed by atoms with E-state index < -0.39 is 0 Å². The molecule has 3 heteroatoms. The highest BCUT2D eigenvalue weighted by Gasteiger charge is 2.26. The van der Waals surface area contributed by atoms with E-state index in [-0.39, 0.29) is 11.8 Å². The molecule has 104 valence electrons. The molecule has 1 amide bonds. The summed E-state index contributed by atoms with van der Waals surface area (Å²) in [4.78, 5) is 14.6. The molecule has 0 bridgehead atoms. The number of hydrogen-bond acceptors (Lipinski definition) is 2. The van der Waals surface area contributed by atoms with Crippen molar-refractivity contribution in [3.8, 4) is 0 Å². The molecule has 0 radical (unpaired) electrons. The molecule has 1 heterocycles. The van der Waals surface area contributed by atoms with Gasteiger partial charge >= 0.3 is 0 Å². The van der Waals surface area contributed by atoms with E-state index in [1.807, 2.05) is 42.2 Å². The van der Waals surface area contributed by atoms with Gasteiger partial charge in [-0.2, -0.15) is 0 Å². The third kappa shape index (κ3) is 3.57. The number of carbonyl (C=O) groups is 1. The SMILES string of the molecule is CC(C(=O)N1CCCC(CCN)C1)c1ccccc1. The van der Waals surface area contributed by atoms with Crippen molar-refractivity contribution in [2.75, 3.05) is 19.6 Å². The Hall–Kier alpha value is -1.35. The van der Waals surface area contributed by atoms with Gasteiger partial charge in [0.05, 0.1) is 5.92 Å². The number of nitrogens with zero attached hydrogens (tertiary/aromatic N) is 1. The first-order valence-electron chi connectivity index (χ1n) is 7.26. The van der Waals surface area contributed by atoms with Crippen LogP contribution in [0.15, 0.2) is 30.3 Å². The molecule has 19 heavy (non-hydrogen) atoms. The van der Waals surface area contributed by atoms with Crippen LogP contribution in [-0.4, -0.2) is 30.4 Å². The van der Waals surface area contributed by atoms with Crippen LogP contribution in [0.4, 0.5) is 0 Å². The highest BCUT2D eigenvalue weighted by atomic mass is 16.2. The fraction of sp³-hybridized carbons (Fsp3) is 0.562. The standard InChI is InChI=1S/C16H24N2O/c1-13(15-7-3-2-4-8-15)16(19)18-11-5-6-14(12-18)9-10-17/h2-4,7-8,13-14H,5-6,9-12,17H2,1H3. The second-order valence-corrected chi connectivity index (χ2v) is 5.50. The summed E-state index contributed by atoms with van der Waals surface area (Å²) in [5, 5.41) is 0. The number of hydrogen-bond donors (Lipinski definition) is 1. The highest BCUT2D eigenvalue weighted by molar-refractivity contribution is 5.83. The Bertz CT molecular complexity index is 402. The minimum absolute atomic E-state index is 0.0437. The molecule has 1 fully saturated rings. The van der Waals surface area contributed by atoms with E-state index >= 15 is 0 Å². The van der Waals surface area contributed by atoms with E-state index in [1.54, 1.807) is 0 Å². The number of rotatable bonds is 4. The third-order valence-electron chi connectivity index (χ3n) is 4.08. The molecule has 0 aliphatic carbocycles. The van der Waals surface area contributed by atoms with E-state index in [4.69, 9.17) is 5.73 Å². The minimum Gasteiger partial charge on any atom is -0.342 e. The van der Waals surface area contributed by atoms with Gasteiger partial charge in [-0.1, -0.05) is 30.3 Å². The van der Waals surface area contributed by atoms with Crippen molar-refractivity contribution >= 4 is 5.91 Å². The van der Waals surface area contributed by atoms with Crippen LogP contribution in [0.2, 0.25) is 0 Å². The maximum absolute atomic E-state index is 12.5. The summed E-state index contributed by atoms with van der Waals surface area (Å²) < 4.78 is 0. The molecule has 2 unspecified atom stereocenters. The smallest absolute Gasteiger partial charge is 0.229 e. The predicted molar refractivity (Wildman–Crippen MR) is 77.8 cm³/mol. The second-order valence-electron chi connectivity index (χ2n) is 5.50. The van der Waals surface area contributed by atoms with Gasteiger partial charge in [-0.25, -0.2) is 0 Å². The molecule has 1 aromatic carbocycles. The Labute approximate surface area is 115 Å². The van der Waals surface area contributed by atoms with Crippen LogP contribution in [0.3, 0.4) is 0 Å².